The number of allylic oxidation sites excluding steroid dienone is 1. The van der Waals surface area contributed by atoms with Crippen LogP contribution in [0.5, 0.6) is 17.2 Å². The van der Waals surface area contributed by atoms with Gasteiger partial charge in [-0.2, -0.15) is 0 Å². The number of rotatable bonds is 8. The van der Waals surface area contributed by atoms with Crippen molar-refractivity contribution < 1.29 is 23.4 Å². The van der Waals surface area contributed by atoms with Gasteiger partial charge in [-0.1, -0.05) is 30.3 Å². The van der Waals surface area contributed by atoms with Gasteiger partial charge in [-0.15, -0.1) is 0 Å². The summed E-state index contributed by atoms with van der Waals surface area (Å²) in [5.74, 6) is 1.96. The Hall–Kier alpha value is -4.19. The SMILES string of the molecule is COc1ccc(-c2coc3cc(OC)c(/C(C)=C/C(=O)NCc4ccccc4OC)cc23)cc1. The quantitative estimate of drug-likeness (QED) is 0.336. The van der Waals surface area contributed by atoms with Crippen LogP contribution in [0.3, 0.4) is 0 Å². The number of fused-ring (bicyclic) bond motifs is 1. The van der Waals surface area contributed by atoms with E-state index in [4.69, 9.17) is 18.6 Å². The zero-order chi connectivity index (χ0) is 24.1. The molecule has 6 nitrogen and oxygen atoms in total. The summed E-state index contributed by atoms with van der Waals surface area (Å²) in [5, 5.41) is 3.86. The van der Waals surface area contributed by atoms with Gasteiger partial charge in [0, 0.05) is 40.8 Å². The molecule has 1 heterocycles. The first-order valence-electron chi connectivity index (χ1n) is 10.9. The first-order valence-corrected chi connectivity index (χ1v) is 10.9. The number of furan rings is 1. The average molecular weight is 458 g/mol. The Morgan fingerprint density at radius 1 is 0.941 bits per heavy atom. The van der Waals surface area contributed by atoms with Crippen LogP contribution in [0.2, 0.25) is 0 Å². The Morgan fingerprint density at radius 2 is 1.68 bits per heavy atom. The van der Waals surface area contributed by atoms with Crippen molar-refractivity contribution >= 4 is 22.4 Å². The molecule has 1 amide bonds. The zero-order valence-electron chi connectivity index (χ0n) is 19.7. The average Bonchev–Trinajstić information content (AvgIpc) is 3.29. The van der Waals surface area contributed by atoms with Crippen molar-refractivity contribution in [2.45, 2.75) is 13.5 Å². The lowest BCUT2D eigenvalue weighted by atomic mass is 9.99. The van der Waals surface area contributed by atoms with Crippen molar-refractivity contribution in [1.82, 2.24) is 5.32 Å². The van der Waals surface area contributed by atoms with Crippen LogP contribution < -0.4 is 19.5 Å². The molecule has 0 aliphatic rings. The normalized spacial score (nSPS) is 11.4. The number of hydrogen-bond donors (Lipinski definition) is 1. The lowest BCUT2D eigenvalue weighted by molar-refractivity contribution is -0.116. The van der Waals surface area contributed by atoms with E-state index in [-0.39, 0.29) is 5.91 Å². The van der Waals surface area contributed by atoms with E-state index < -0.39 is 0 Å². The van der Waals surface area contributed by atoms with E-state index in [1.807, 2.05) is 67.6 Å². The molecule has 0 aliphatic heterocycles. The van der Waals surface area contributed by atoms with Gasteiger partial charge in [0.1, 0.15) is 22.8 Å². The third-order valence-corrected chi connectivity index (χ3v) is 5.71. The summed E-state index contributed by atoms with van der Waals surface area (Å²) in [6.07, 6.45) is 3.31. The fourth-order valence-electron chi connectivity index (χ4n) is 3.88. The van der Waals surface area contributed by atoms with Crippen LogP contribution in [0.15, 0.2) is 77.4 Å². The summed E-state index contributed by atoms with van der Waals surface area (Å²) in [6.45, 7) is 2.26. The first kappa shape index (κ1) is 23.0. The molecule has 0 spiro atoms. The summed E-state index contributed by atoms with van der Waals surface area (Å²) in [4.78, 5) is 12.7. The van der Waals surface area contributed by atoms with Crippen LogP contribution in [0, 0.1) is 0 Å². The number of nitrogens with one attached hydrogen (secondary N) is 1. The maximum absolute atomic E-state index is 12.7. The van der Waals surface area contributed by atoms with Crippen LogP contribution >= 0.6 is 0 Å². The molecule has 0 atom stereocenters. The van der Waals surface area contributed by atoms with Gasteiger partial charge in [0.05, 0.1) is 27.6 Å². The molecule has 1 N–H and O–H groups in total. The highest BCUT2D eigenvalue weighted by Gasteiger charge is 2.15. The van der Waals surface area contributed by atoms with E-state index in [0.29, 0.717) is 17.9 Å². The number of carbonyl (C=O) groups is 1. The fourth-order valence-corrected chi connectivity index (χ4v) is 3.88. The molecule has 34 heavy (non-hydrogen) atoms. The smallest absolute Gasteiger partial charge is 0.244 e. The van der Waals surface area contributed by atoms with Gasteiger partial charge in [0.25, 0.3) is 0 Å². The van der Waals surface area contributed by atoms with E-state index in [1.54, 1.807) is 33.7 Å². The number of carbonyl (C=O) groups excluding carboxylic acids is 1. The summed E-state index contributed by atoms with van der Waals surface area (Å²) in [6, 6.07) is 19.2. The minimum atomic E-state index is -0.201. The highest BCUT2D eigenvalue weighted by molar-refractivity contribution is 6.00. The van der Waals surface area contributed by atoms with E-state index >= 15 is 0 Å². The molecule has 0 saturated heterocycles. The highest BCUT2D eigenvalue weighted by Crippen LogP contribution is 2.37. The second-order valence-corrected chi connectivity index (χ2v) is 7.78. The van der Waals surface area contributed by atoms with Crippen molar-refractivity contribution in [3.8, 4) is 28.4 Å². The second-order valence-electron chi connectivity index (χ2n) is 7.78. The first-order chi connectivity index (χ1) is 16.5. The summed E-state index contributed by atoms with van der Waals surface area (Å²) < 4.78 is 22.0. The molecule has 0 fully saturated rings. The molecule has 3 aromatic carbocycles. The maximum atomic E-state index is 12.7. The molecule has 4 rings (SSSR count). The molecule has 1 aromatic heterocycles. The van der Waals surface area contributed by atoms with Crippen LogP contribution in [-0.2, 0) is 11.3 Å². The molecule has 174 valence electrons. The molecule has 0 unspecified atom stereocenters. The molecule has 6 heteroatoms. The van der Waals surface area contributed by atoms with Crippen LogP contribution in [-0.4, -0.2) is 27.2 Å². The van der Waals surface area contributed by atoms with E-state index in [2.05, 4.69) is 5.32 Å². The standard InChI is InChI=1S/C28H27NO5/c1-18(13-28(30)29-16-20-7-5-6-8-25(20)32-3)22-14-23-24(17-34-27(23)15-26(22)33-4)19-9-11-21(31-2)12-10-19/h5-15,17H,16H2,1-4H3,(H,29,30)/b18-13+. The molecule has 0 bridgehead atoms. The predicted molar refractivity (Wildman–Crippen MR) is 133 cm³/mol. The Balaban J connectivity index is 1.62. The Labute approximate surface area is 198 Å². The van der Waals surface area contributed by atoms with E-state index in [9.17, 15) is 4.79 Å². The highest BCUT2D eigenvalue weighted by atomic mass is 16.5. The molecule has 0 saturated carbocycles. The number of hydrogen-bond acceptors (Lipinski definition) is 5. The molecule has 0 radical (unpaired) electrons. The van der Waals surface area contributed by atoms with Crippen molar-refractivity contribution in [3.05, 3.63) is 84.1 Å². The van der Waals surface area contributed by atoms with Gasteiger partial charge >= 0.3 is 0 Å². The largest absolute Gasteiger partial charge is 0.497 e. The third kappa shape index (κ3) is 4.76. The second kappa shape index (κ2) is 10.2. The maximum Gasteiger partial charge on any atom is 0.244 e. The van der Waals surface area contributed by atoms with Gasteiger partial charge in [0.15, 0.2) is 0 Å². The number of para-hydroxylation sites is 1. The predicted octanol–water partition coefficient (Wildman–Crippen LogP) is 5.85. The number of ether oxygens (including phenoxy) is 3. The van der Waals surface area contributed by atoms with Crippen LogP contribution in [0.1, 0.15) is 18.1 Å². The van der Waals surface area contributed by atoms with Gasteiger partial charge in [0.2, 0.25) is 5.91 Å². The monoisotopic (exact) mass is 457 g/mol. The van der Waals surface area contributed by atoms with Crippen LogP contribution in [0.4, 0.5) is 0 Å². The number of methoxy groups -OCH3 is 3. The van der Waals surface area contributed by atoms with Crippen molar-refractivity contribution in [2.75, 3.05) is 21.3 Å². The number of benzene rings is 3. The topological polar surface area (TPSA) is 69.9 Å². The van der Waals surface area contributed by atoms with Gasteiger partial charge in [-0.25, -0.2) is 0 Å². The summed E-state index contributed by atoms with van der Waals surface area (Å²) in [5.41, 5.74) is 5.17. The molecule has 0 aliphatic carbocycles. The van der Waals surface area contributed by atoms with Gasteiger partial charge < -0.3 is 23.9 Å². The minimum absolute atomic E-state index is 0.201. The van der Waals surface area contributed by atoms with E-state index in [0.717, 1.165) is 44.7 Å². The van der Waals surface area contributed by atoms with Crippen molar-refractivity contribution in [3.63, 3.8) is 0 Å². The minimum Gasteiger partial charge on any atom is -0.497 e. The van der Waals surface area contributed by atoms with Crippen molar-refractivity contribution in [1.29, 1.82) is 0 Å². The van der Waals surface area contributed by atoms with Crippen molar-refractivity contribution in [2.24, 2.45) is 0 Å². The fraction of sp³-hybridized carbons (Fsp3) is 0.179. The summed E-state index contributed by atoms with van der Waals surface area (Å²) >= 11 is 0. The van der Waals surface area contributed by atoms with Crippen LogP contribution in [0.25, 0.3) is 27.7 Å². The molecule has 4 aromatic rings. The van der Waals surface area contributed by atoms with E-state index in [1.165, 1.54) is 0 Å². The molecular weight excluding hydrogens is 430 g/mol. The lowest BCUT2D eigenvalue weighted by Gasteiger charge is -2.11. The lowest BCUT2D eigenvalue weighted by Crippen LogP contribution is -2.21. The third-order valence-electron chi connectivity index (χ3n) is 5.71. The van der Waals surface area contributed by atoms with Gasteiger partial charge in [-0.3, -0.25) is 4.79 Å². The number of amides is 1. The summed E-state index contributed by atoms with van der Waals surface area (Å²) in [7, 11) is 4.86. The molecular formula is C28H27NO5. The van der Waals surface area contributed by atoms with Gasteiger partial charge in [-0.05, 0) is 42.3 Å². The Kier molecular flexibility index (Phi) is 6.87. The zero-order valence-corrected chi connectivity index (χ0v) is 19.7. The Morgan fingerprint density at radius 3 is 2.38 bits per heavy atom. The Bertz CT molecular complexity index is 1330.